The lowest BCUT2D eigenvalue weighted by atomic mass is 10.0. The number of ether oxygens (including phenoxy) is 1. The summed E-state index contributed by atoms with van der Waals surface area (Å²) in [7, 11) is 0. The smallest absolute Gasteiger partial charge is 0.407 e. The van der Waals surface area contributed by atoms with E-state index in [-0.39, 0.29) is 12.5 Å². The van der Waals surface area contributed by atoms with Crippen LogP contribution in [0.3, 0.4) is 0 Å². The molecule has 0 heterocycles. The molecule has 0 bridgehead atoms. The predicted molar refractivity (Wildman–Crippen MR) is 90.4 cm³/mol. The Balaban J connectivity index is 1.90. The van der Waals surface area contributed by atoms with Crippen molar-refractivity contribution in [3.8, 4) is 0 Å². The summed E-state index contributed by atoms with van der Waals surface area (Å²) in [4.78, 5) is 11.9. The third-order valence-electron chi connectivity index (χ3n) is 3.44. The molecule has 2 aromatic rings. The summed E-state index contributed by atoms with van der Waals surface area (Å²) in [5, 5.41) is 12.7. The maximum absolute atomic E-state index is 11.9. The quantitative estimate of drug-likeness (QED) is 0.765. The maximum atomic E-state index is 11.9. The van der Waals surface area contributed by atoms with Gasteiger partial charge in [0.2, 0.25) is 0 Å². The number of alkyl carbamates (subject to hydrolysis) is 1. The highest BCUT2D eigenvalue weighted by Gasteiger charge is 2.21. The first-order valence-corrected chi connectivity index (χ1v) is 7.97. The second kappa shape index (κ2) is 9.18. The number of amides is 1. The summed E-state index contributed by atoms with van der Waals surface area (Å²) in [5.41, 5.74) is 1.91. The van der Waals surface area contributed by atoms with E-state index in [0.29, 0.717) is 6.42 Å². The maximum Gasteiger partial charge on any atom is 0.407 e. The Morgan fingerprint density at radius 3 is 2.17 bits per heavy atom. The van der Waals surface area contributed by atoms with E-state index in [0.717, 1.165) is 11.1 Å². The predicted octanol–water partition coefficient (Wildman–Crippen LogP) is 3.12. The van der Waals surface area contributed by atoms with Crippen LogP contribution in [0.4, 0.5) is 4.79 Å². The molecule has 0 aliphatic rings. The lowest BCUT2D eigenvalue weighted by Gasteiger charge is -2.22. The van der Waals surface area contributed by atoms with Crippen molar-refractivity contribution >= 4 is 17.7 Å². The standard InChI is InChI=1S/C18H20ClNO3/c19-12-17(21)16(11-14-7-3-1-4-8-14)20-18(22)23-13-15-9-5-2-6-10-15/h1-10,16-17,21H,11-13H2,(H,20,22)/t16?,17-/m1/s1. The number of halogens is 1. The van der Waals surface area contributed by atoms with Gasteiger partial charge in [0, 0.05) is 0 Å². The second-order valence-corrected chi connectivity index (χ2v) is 5.53. The molecule has 2 aromatic carbocycles. The summed E-state index contributed by atoms with van der Waals surface area (Å²) in [6.07, 6.45) is -0.935. The molecule has 4 nitrogen and oxygen atoms in total. The van der Waals surface area contributed by atoms with Gasteiger partial charge < -0.3 is 15.2 Å². The van der Waals surface area contributed by atoms with Gasteiger partial charge in [0.25, 0.3) is 0 Å². The summed E-state index contributed by atoms with van der Waals surface area (Å²) in [6, 6.07) is 18.5. The fourth-order valence-electron chi connectivity index (χ4n) is 2.17. The molecule has 0 aliphatic heterocycles. The minimum Gasteiger partial charge on any atom is -0.445 e. The minimum absolute atomic E-state index is 0.0382. The van der Waals surface area contributed by atoms with Crippen LogP contribution in [-0.2, 0) is 17.8 Å². The SMILES string of the molecule is O=C(NC(Cc1ccccc1)[C@H](O)CCl)OCc1ccccc1. The zero-order chi connectivity index (χ0) is 16.5. The van der Waals surface area contributed by atoms with Gasteiger partial charge in [0.1, 0.15) is 6.61 Å². The van der Waals surface area contributed by atoms with E-state index in [9.17, 15) is 9.90 Å². The second-order valence-electron chi connectivity index (χ2n) is 5.22. The molecule has 0 spiro atoms. The monoisotopic (exact) mass is 333 g/mol. The number of hydrogen-bond acceptors (Lipinski definition) is 3. The number of alkyl halides is 1. The van der Waals surface area contributed by atoms with Crippen LogP contribution in [0.5, 0.6) is 0 Å². The average Bonchev–Trinajstić information content (AvgIpc) is 2.60. The Bertz CT molecular complexity index is 592. The molecule has 2 atom stereocenters. The van der Waals surface area contributed by atoms with E-state index in [1.807, 2.05) is 60.7 Å². The Hall–Kier alpha value is -2.04. The van der Waals surface area contributed by atoms with Crippen molar-refractivity contribution in [3.05, 3.63) is 71.8 Å². The number of hydrogen-bond donors (Lipinski definition) is 2. The van der Waals surface area contributed by atoms with Crippen LogP contribution in [0.2, 0.25) is 0 Å². The Labute approximate surface area is 141 Å². The number of nitrogens with one attached hydrogen (secondary N) is 1. The fourth-order valence-corrected chi connectivity index (χ4v) is 2.39. The summed E-state index contributed by atoms with van der Waals surface area (Å²) in [6.45, 7) is 0.182. The van der Waals surface area contributed by atoms with Crippen LogP contribution in [0, 0.1) is 0 Å². The van der Waals surface area contributed by atoms with Gasteiger partial charge >= 0.3 is 6.09 Å². The molecule has 0 fully saturated rings. The number of rotatable bonds is 7. The highest BCUT2D eigenvalue weighted by molar-refractivity contribution is 6.18. The van der Waals surface area contributed by atoms with Gasteiger partial charge in [-0.2, -0.15) is 0 Å². The van der Waals surface area contributed by atoms with E-state index >= 15 is 0 Å². The highest BCUT2D eigenvalue weighted by Crippen LogP contribution is 2.08. The fraction of sp³-hybridized carbons (Fsp3) is 0.278. The van der Waals surface area contributed by atoms with Gasteiger partial charge in [-0.05, 0) is 17.5 Å². The molecule has 2 N–H and O–H groups in total. The van der Waals surface area contributed by atoms with Crippen molar-refractivity contribution in [3.63, 3.8) is 0 Å². The minimum atomic E-state index is -0.846. The van der Waals surface area contributed by atoms with Gasteiger partial charge in [0.15, 0.2) is 0 Å². The summed E-state index contributed by atoms with van der Waals surface area (Å²) < 4.78 is 5.19. The third-order valence-corrected chi connectivity index (χ3v) is 3.75. The molecule has 1 amide bonds. The molecule has 0 aromatic heterocycles. The molecule has 0 saturated heterocycles. The average molecular weight is 334 g/mol. The van der Waals surface area contributed by atoms with Crippen LogP contribution in [0.15, 0.2) is 60.7 Å². The van der Waals surface area contributed by atoms with Crippen molar-refractivity contribution in [2.24, 2.45) is 0 Å². The van der Waals surface area contributed by atoms with E-state index in [1.54, 1.807) is 0 Å². The first-order valence-electron chi connectivity index (χ1n) is 7.44. The lowest BCUT2D eigenvalue weighted by Crippen LogP contribution is -2.45. The highest BCUT2D eigenvalue weighted by atomic mass is 35.5. The van der Waals surface area contributed by atoms with Crippen molar-refractivity contribution in [1.82, 2.24) is 5.32 Å². The van der Waals surface area contributed by atoms with Crippen molar-refractivity contribution in [2.45, 2.75) is 25.2 Å². The molecule has 122 valence electrons. The Morgan fingerprint density at radius 2 is 1.61 bits per heavy atom. The normalized spacial score (nSPS) is 13.1. The topological polar surface area (TPSA) is 58.6 Å². The molecule has 1 unspecified atom stereocenters. The van der Waals surface area contributed by atoms with E-state index < -0.39 is 18.2 Å². The largest absolute Gasteiger partial charge is 0.445 e. The Morgan fingerprint density at radius 1 is 1.04 bits per heavy atom. The van der Waals surface area contributed by atoms with Gasteiger partial charge in [-0.15, -0.1) is 11.6 Å². The molecular weight excluding hydrogens is 314 g/mol. The molecule has 0 radical (unpaired) electrons. The van der Waals surface area contributed by atoms with E-state index in [2.05, 4.69) is 5.32 Å². The number of aliphatic hydroxyl groups excluding tert-OH is 1. The zero-order valence-corrected chi connectivity index (χ0v) is 13.4. The molecule has 0 aliphatic carbocycles. The van der Waals surface area contributed by atoms with Gasteiger partial charge in [-0.25, -0.2) is 4.79 Å². The molecule has 23 heavy (non-hydrogen) atoms. The lowest BCUT2D eigenvalue weighted by molar-refractivity contribution is 0.110. The molecule has 0 saturated carbocycles. The first-order chi connectivity index (χ1) is 11.2. The van der Waals surface area contributed by atoms with Crippen molar-refractivity contribution < 1.29 is 14.6 Å². The number of carbonyl (C=O) groups is 1. The summed E-state index contributed by atoms with van der Waals surface area (Å²) >= 11 is 5.73. The number of benzene rings is 2. The van der Waals surface area contributed by atoms with Crippen molar-refractivity contribution in [1.29, 1.82) is 0 Å². The van der Waals surface area contributed by atoms with Crippen LogP contribution in [0.1, 0.15) is 11.1 Å². The Kier molecular flexibility index (Phi) is 6.91. The van der Waals surface area contributed by atoms with Gasteiger partial charge in [-0.1, -0.05) is 60.7 Å². The van der Waals surface area contributed by atoms with Crippen LogP contribution in [-0.4, -0.2) is 29.2 Å². The van der Waals surface area contributed by atoms with Crippen LogP contribution in [0.25, 0.3) is 0 Å². The molecule has 2 rings (SSSR count). The third kappa shape index (κ3) is 5.93. The number of aliphatic hydroxyl groups is 1. The van der Waals surface area contributed by atoms with E-state index in [4.69, 9.17) is 16.3 Å². The van der Waals surface area contributed by atoms with Crippen LogP contribution < -0.4 is 5.32 Å². The first kappa shape index (κ1) is 17.3. The zero-order valence-electron chi connectivity index (χ0n) is 12.7. The molecular formula is C18H20ClNO3. The van der Waals surface area contributed by atoms with E-state index in [1.165, 1.54) is 0 Å². The van der Waals surface area contributed by atoms with Crippen molar-refractivity contribution in [2.75, 3.05) is 5.88 Å². The number of carbonyl (C=O) groups excluding carboxylic acids is 1. The van der Waals surface area contributed by atoms with Crippen LogP contribution >= 0.6 is 11.6 Å². The summed E-state index contributed by atoms with van der Waals surface area (Å²) in [5.74, 6) is 0.0382. The van der Waals surface area contributed by atoms with Gasteiger partial charge in [0.05, 0.1) is 18.0 Å². The molecule has 5 heteroatoms. The van der Waals surface area contributed by atoms with Gasteiger partial charge in [-0.3, -0.25) is 0 Å².